The Hall–Kier alpha value is -0.830. The van der Waals surface area contributed by atoms with Gasteiger partial charge in [-0.3, -0.25) is 4.79 Å². The van der Waals surface area contributed by atoms with Crippen LogP contribution in [0.2, 0.25) is 0 Å². The fraction of sp³-hybridized carbons (Fsp3) is 0.667. The summed E-state index contributed by atoms with van der Waals surface area (Å²) in [6, 6.07) is 2.16. The standard InChI is InChI=1S/C15H23NOS/c1-3-16(4-2)15(17)14-11-12-9-7-5-6-8-10-13(12)18-14/h11H,3-10H2,1-2H3. The number of hydrogen-bond donors (Lipinski definition) is 0. The molecule has 18 heavy (non-hydrogen) atoms. The molecule has 0 spiro atoms. The van der Waals surface area contributed by atoms with Crippen LogP contribution in [-0.2, 0) is 12.8 Å². The van der Waals surface area contributed by atoms with Gasteiger partial charge in [0.25, 0.3) is 5.91 Å². The highest BCUT2D eigenvalue weighted by molar-refractivity contribution is 7.14. The molecule has 1 amide bonds. The number of carbonyl (C=O) groups is 1. The number of rotatable bonds is 3. The van der Waals surface area contributed by atoms with Gasteiger partial charge in [-0.1, -0.05) is 12.8 Å². The van der Waals surface area contributed by atoms with Gasteiger partial charge in [-0.05, 0) is 51.2 Å². The molecule has 1 heterocycles. The quantitative estimate of drug-likeness (QED) is 0.812. The minimum Gasteiger partial charge on any atom is -0.339 e. The van der Waals surface area contributed by atoms with E-state index < -0.39 is 0 Å². The average molecular weight is 265 g/mol. The molecule has 1 aliphatic rings. The average Bonchev–Trinajstić information content (AvgIpc) is 2.73. The van der Waals surface area contributed by atoms with E-state index in [0.29, 0.717) is 0 Å². The molecule has 100 valence electrons. The van der Waals surface area contributed by atoms with Crippen molar-refractivity contribution in [3.8, 4) is 0 Å². The van der Waals surface area contributed by atoms with Gasteiger partial charge in [0.1, 0.15) is 0 Å². The van der Waals surface area contributed by atoms with E-state index in [-0.39, 0.29) is 5.91 Å². The van der Waals surface area contributed by atoms with Crippen LogP contribution in [0.5, 0.6) is 0 Å². The summed E-state index contributed by atoms with van der Waals surface area (Å²) < 4.78 is 0. The SMILES string of the molecule is CCN(CC)C(=O)c1cc2c(s1)CCCCCC2. The molecule has 0 bridgehead atoms. The molecule has 0 fully saturated rings. The van der Waals surface area contributed by atoms with E-state index >= 15 is 0 Å². The van der Waals surface area contributed by atoms with Crippen LogP contribution in [0.1, 0.15) is 59.6 Å². The van der Waals surface area contributed by atoms with Crippen molar-refractivity contribution in [1.29, 1.82) is 0 Å². The Bertz CT molecular complexity index is 381. The normalized spacial score (nSPS) is 15.7. The van der Waals surface area contributed by atoms with E-state index in [1.54, 1.807) is 11.3 Å². The van der Waals surface area contributed by atoms with Crippen molar-refractivity contribution >= 4 is 17.2 Å². The second-order valence-corrected chi connectivity index (χ2v) is 6.09. The Kier molecular flexibility index (Phi) is 4.81. The monoisotopic (exact) mass is 265 g/mol. The zero-order valence-corrected chi connectivity index (χ0v) is 12.3. The number of carbonyl (C=O) groups excluding carboxylic acids is 1. The van der Waals surface area contributed by atoms with Crippen molar-refractivity contribution < 1.29 is 4.79 Å². The molecule has 1 aliphatic carbocycles. The lowest BCUT2D eigenvalue weighted by molar-refractivity contribution is 0.0778. The van der Waals surface area contributed by atoms with Crippen LogP contribution < -0.4 is 0 Å². The molecule has 0 aromatic carbocycles. The van der Waals surface area contributed by atoms with Gasteiger partial charge in [0.15, 0.2) is 0 Å². The molecular formula is C15H23NOS. The maximum Gasteiger partial charge on any atom is 0.263 e. The van der Waals surface area contributed by atoms with Gasteiger partial charge in [-0.25, -0.2) is 0 Å². The molecule has 2 nitrogen and oxygen atoms in total. The van der Waals surface area contributed by atoms with Crippen LogP contribution in [0.25, 0.3) is 0 Å². The summed E-state index contributed by atoms with van der Waals surface area (Å²) in [7, 11) is 0. The summed E-state index contributed by atoms with van der Waals surface area (Å²) in [5, 5.41) is 0. The van der Waals surface area contributed by atoms with E-state index in [0.717, 1.165) is 24.4 Å². The van der Waals surface area contributed by atoms with E-state index in [2.05, 4.69) is 6.07 Å². The fourth-order valence-electron chi connectivity index (χ4n) is 2.62. The predicted octanol–water partition coefficient (Wildman–Crippen LogP) is 3.89. The second kappa shape index (κ2) is 6.37. The Balaban J connectivity index is 2.19. The third-order valence-corrected chi connectivity index (χ3v) is 4.98. The van der Waals surface area contributed by atoms with Crippen molar-refractivity contribution in [3.05, 3.63) is 21.4 Å². The summed E-state index contributed by atoms with van der Waals surface area (Å²) in [4.78, 5) is 16.7. The molecular weight excluding hydrogens is 242 g/mol. The lowest BCUT2D eigenvalue weighted by Crippen LogP contribution is -2.29. The fourth-order valence-corrected chi connectivity index (χ4v) is 3.84. The van der Waals surface area contributed by atoms with Gasteiger partial charge in [-0.2, -0.15) is 0 Å². The van der Waals surface area contributed by atoms with Crippen LogP contribution in [0, 0.1) is 0 Å². The Morgan fingerprint density at radius 3 is 2.50 bits per heavy atom. The van der Waals surface area contributed by atoms with Crippen molar-refractivity contribution in [2.75, 3.05) is 13.1 Å². The zero-order valence-electron chi connectivity index (χ0n) is 11.5. The highest BCUT2D eigenvalue weighted by Gasteiger charge is 2.18. The molecule has 0 saturated carbocycles. The van der Waals surface area contributed by atoms with Gasteiger partial charge >= 0.3 is 0 Å². The maximum absolute atomic E-state index is 12.3. The minimum absolute atomic E-state index is 0.219. The molecule has 0 atom stereocenters. The summed E-state index contributed by atoms with van der Waals surface area (Å²) in [6.07, 6.45) is 7.59. The Morgan fingerprint density at radius 2 is 1.83 bits per heavy atom. The number of amides is 1. The van der Waals surface area contributed by atoms with Crippen LogP contribution in [0.15, 0.2) is 6.07 Å². The summed E-state index contributed by atoms with van der Waals surface area (Å²) in [5.41, 5.74) is 1.44. The maximum atomic E-state index is 12.3. The molecule has 0 radical (unpaired) electrons. The van der Waals surface area contributed by atoms with Gasteiger partial charge in [0.05, 0.1) is 4.88 Å². The Morgan fingerprint density at radius 1 is 1.17 bits per heavy atom. The van der Waals surface area contributed by atoms with Crippen LogP contribution >= 0.6 is 11.3 Å². The lowest BCUT2D eigenvalue weighted by atomic mass is 10.00. The highest BCUT2D eigenvalue weighted by Crippen LogP contribution is 2.29. The molecule has 0 unspecified atom stereocenters. The highest BCUT2D eigenvalue weighted by atomic mass is 32.1. The van der Waals surface area contributed by atoms with Gasteiger partial charge in [-0.15, -0.1) is 11.3 Å². The van der Waals surface area contributed by atoms with Crippen molar-refractivity contribution in [2.24, 2.45) is 0 Å². The molecule has 0 N–H and O–H groups in total. The van der Waals surface area contributed by atoms with Crippen molar-refractivity contribution in [2.45, 2.75) is 52.4 Å². The molecule has 1 aromatic rings. The number of hydrogen-bond acceptors (Lipinski definition) is 2. The second-order valence-electron chi connectivity index (χ2n) is 4.95. The van der Waals surface area contributed by atoms with Gasteiger partial charge in [0.2, 0.25) is 0 Å². The largest absolute Gasteiger partial charge is 0.339 e. The Labute approximate surface area is 114 Å². The molecule has 3 heteroatoms. The topological polar surface area (TPSA) is 20.3 Å². The number of nitrogens with zero attached hydrogens (tertiary/aromatic N) is 1. The number of fused-ring (bicyclic) bond motifs is 1. The van der Waals surface area contributed by atoms with E-state index in [4.69, 9.17) is 0 Å². The van der Waals surface area contributed by atoms with Gasteiger partial charge in [0, 0.05) is 18.0 Å². The zero-order chi connectivity index (χ0) is 13.0. The first-order chi connectivity index (χ1) is 8.76. The van der Waals surface area contributed by atoms with Gasteiger partial charge < -0.3 is 4.90 Å². The number of thiophene rings is 1. The first-order valence-electron chi connectivity index (χ1n) is 7.17. The molecule has 0 aliphatic heterocycles. The van der Waals surface area contributed by atoms with E-state index in [1.165, 1.54) is 42.5 Å². The molecule has 1 aromatic heterocycles. The third-order valence-electron chi connectivity index (χ3n) is 3.76. The van der Waals surface area contributed by atoms with Crippen LogP contribution in [-0.4, -0.2) is 23.9 Å². The first-order valence-corrected chi connectivity index (χ1v) is 7.98. The number of aryl methyl sites for hydroxylation is 2. The first kappa shape index (κ1) is 13.6. The van der Waals surface area contributed by atoms with E-state index in [9.17, 15) is 4.79 Å². The van der Waals surface area contributed by atoms with Crippen molar-refractivity contribution in [3.63, 3.8) is 0 Å². The summed E-state index contributed by atoms with van der Waals surface area (Å²) in [6.45, 7) is 5.70. The van der Waals surface area contributed by atoms with E-state index in [1.807, 2.05) is 18.7 Å². The predicted molar refractivity (Wildman–Crippen MR) is 77.4 cm³/mol. The van der Waals surface area contributed by atoms with Crippen LogP contribution in [0.4, 0.5) is 0 Å². The third kappa shape index (κ3) is 2.94. The molecule has 0 saturated heterocycles. The lowest BCUT2D eigenvalue weighted by Gasteiger charge is -2.17. The smallest absolute Gasteiger partial charge is 0.263 e. The van der Waals surface area contributed by atoms with Crippen LogP contribution in [0.3, 0.4) is 0 Å². The summed E-state index contributed by atoms with van der Waals surface area (Å²) in [5.74, 6) is 0.219. The summed E-state index contributed by atoms with van der Waals surface area (Å²) >= 11 is 1.73. The molecule has 2 rings (SSSR count). The minimum atomic E-state index is 0.219. The van der Waals surface area contributed by atoms with Crippen molar-refractivity contribution in [1.82, 2.24) is 4.90 Å².